The number of rotatable bonds is 5. The van der Waals surface area contributed by atoms with Crippen LogP contribution in [0.15, 0.2) is 12.3 Å². The number of ether oxygens (including phenoxy) is 1. The summed E-state index contributed by atoms with van der Waals surface area (Å²) in [5.41, 5.74) is 0. The fourth-order valence-corrected chi connectivity index (χ4v) is 2.92. The number of carboxylic acid groups (broad SMARTS) is 1. The second-order valence-electron chi connectivity index (χ2n) is 4.82. The molecule has 114 valence electrons. The normalized spacial score (nSPS) is 16.2. The minimum absolute atomic E-state index is 0.0739. The summed E-state index contributed by atoms with van der Waals surface area (Å²) in [5.74, 6) is -1.28. The van der Waals surface area contributed by atoms with Crippen LogP contribution in [0, 0.1) is 6.92 Å². The van der Waals surface area contributed by atoms with Crippen molar-refractivity contribution in [2.24, 2.45) is 0 Å². The smallest absolute Gasteiger partial charge is 0.323 e. The van der Waals surface area contributed by atoms with Gasteiger partial charge in [-0.1, -0.05) is 0 Å². The maximum Gasteiger partial charge on any atom is 0.323 e. The molecule has 0 spiro atoms. The van der Waals surface area contributed by atoms with Crippen LogP contribution < -0.4 is 0 Å². The van der Waals surface area contributed by atoms with E-state index < -0.39 is 5.97 Å². The van der Waals surface area contributed by atoms with Crippen LogP contribution in [0.5, 0.6) is 0 Å². The Bertz CT molecular complexity index is 535. The Morgan fingerprint density at radius 2 is 2.24 bits per heavy atom. The number of thiazole rings is 1. The van der Waals surface area contributed by atoms with E-state index in [0.29, 0.717) is 26.1 Å². The average molecular weight is 310 g/mol. The van der Waals surface area contributed by atoms with E-state index in [1.54, 1.807) is 12.3 Å². The SMILES string of the molecule is Cc1ncc(/C=C/C(=O)N(CC(=O)O)C2CCOCC2)s1. The molecule has 0 saturated carbocycles. The van der Waals surface area contributed by atoms with E-state index in [-0.39, 0.29) is 18.5 Å². The molecule has 2 rings (SSSR count). The van der Waals surface area contributed by atoms with E-state index in [0.717, 1.165) is 9.88 Å². The van der Waals surface area contributed by atoms with Gasteiger partial charge in [0.25, 0.3) is 0 Å². The predicted octanol–water partition coefficient (Wildman–Crippen LogP) is 1.56. The number of carbonyl (C=O) groups is 2. The number of aryl methyl sites for hydroxylation is 1. The number of carbonyl (C=O) groups excluding carboxylic acids is 1. The van der Waals surface area contributed by atoms with Crippen LogP contribution in [0.25, 0.3) is 6.08 Å². The largest absolute Gasteiger partial charge is 0.480 e. The Kier molecular flexibility index (Phi) is 5.46. The lowest BCUT2D eigenvalue weighted by molar-refractivity contribution is -0.145. The third kappa shape index (κ3) is 4.64. The third-order valence-electron chi connectivity index (χ3n) is 3.25. The number of aromatic nitrogens is 1. The van der Waals surface area contributed by atoms with Gasteiger partial charge in [-0.15, -0.1) is 11.3 Å². The van der Waals surface area contributed by atoms with Crippen LogP contribution in [0.3, 0.4) is 0 Å². The molecule has 0 bridgehead atoms. The third-order valence-corrected chi connectivity index (χ3v) is 4.13. The number of hydrogen-bond donors (Lipinski definition) is 1. The second-order valence-corrected chi connectivity index (χ2v) is 6.08. The summed E-state index contributed by atoms with van der Waals surface area (Å²) >= 11 is 1.49. The predicted molar refractivity (Wildman–Crippen MR) is 79.1 cm³/mol. The molecule has 0 aromatic carbocycles. The summed E-state index contributed by atoms with van der Waals surface area (Å²) in [6.07, 6.45) is 6.14. The summed E-state index contributed by atoms with van der Waals surface area (Å²) in [7, 11) is 0. The van der Waals surface area contributed by atoms with Crippen molar-refractivity contribution in [3.8, 4) is 0 Å². The van der Waals surface area contributed by atoms with E-state index in [1.165, 1.54) is 22.3 Å². The lowest BCUT2D eigenvalue weighted by atomic mass is 10.1. The summed E-state index contributed by atoms with van der Waals surface area (Å²) in [4.78, 5) is 29.7. The highest BCUT2D eigenvalue weighted by atomic mass is 32.1. The molecule has 1 amide bonds. The van der Waals surface area contributed by atoms with Gasteiger partial charge in [0.05, 0.1) is 5.01 Å². The van der Waals surface area contributed by atoms with Crippen LogP contribution in [-0.2, 0) is 14.3 Å². The lowest BCUT2D eigenvalue weighted by Gasteiger charge is -2.32. The molecule has 21 heavy (non-hydrogen) atoms. The second kappa shape index (κ2) is 7.33. The molecule has 0 aliphatic carbocycles. The first kappa shape index (κ1) is 15.7. The minimum atomic E-state index is -1.00. The zero-order valence-electron chi connectivity index (χ0n) is 11.8. The number of hydrogen-bond acceptors (Lipinski definition) is 5. The van der Waals surface area contributed by atoms with Gasteiger partial charge in [0.15, 0.2) is 0 Å². The zero-order chi connectivity index (χ0) is 15.2. The van der Waals surface area contributed by atoms with Crippen LogP contribution in [0.4, 0.5) is 0 Å². The molecule has 1 aromatic heterocycles. The molecule has 0 radical (unpaired) electrons. The molecule has 0 unspecified atom stereocenters. The monoisotopic (exact) mass is 310 g/mol. The lowest BCUT2D eigenvalue weighted by Crippen LogP contribution is -2.45. The Labute approximate surface area is 127 Å². The van der Waals surface area contributed by atoms with Gasteiger partial charge in [-0.3, -0.25) is 9.59 Å². The summed E-state index contributed by atoms with van der Waals surface area (Å²) < 4.78 is 5.26. The highest BCUT2D eigenvalue weighted by Crippen LogP contribution is 2.17. The molecular weight excluding hydrogens is 292 g/mol. The van der Waals surface area contributed by atoms with Crippen molar-refractivity contribution < 1.29 is 19.4 Å². The topological polar surface area (TPSA) is 79.7 Å². The number of nitrogens with zero attached hydrogens (tertiary/aromatic N) is 2. The van der Waals surface area contributed by atoms with Crippen LogP contribution in [0.2, 0.25) is 0 Å². The zero-order valence-corrected chi connectivity index (χ0v) is 12.6. The van der Waals surface area contributed by atoms with Crippen molar-refractivity contribution in [2.75, 3.05) is 19.8 Å². The Morgan fingerprint density at radius 3 is 2.81 bits per heavy atom. The van der Waals surface area contributed by atoms with Crippen molar-refractivity contribution in [3.63, 3.8) is 0 Å². The van der Waals surface area contributed by atoms with Crippen molar-refractivity contribution in [1.29, 1.82) is 0 Å². The molecule has 6 nitrogen and oxygen atoms in total. The highest BCUT2D eigenvalue weighted by Gasteiger charge is 2.26. The van der Waals surface area contributed by atoms with Gasteiger partial charge in [0.2, 0.25) is 5.91 Å². The minimum Gasteiger partial charge on any atom is -0.480 e. The number of carboxylic acids is 1. The summed E-state index contributed by atoms with van der Waals surface area (Å²) in [5, 5.41) is 9.92. The molecule has 2 heterocycles. The van der Waals surface area contributed by atoms with E-state index >= 15 is 0 Å². The first-order valence-electron chi connectivity index (χ1n) is 6.77. The van der Waals surface area contributed by atoms with Gasteiger partial charge in [-0.25, -0.2) is 4.98 Å². The standard InChI is InChI=1S/C14H18N2O4S/c1-10-15-8-12(21-10)2-3-13(17)16(9-14(18)19)11-4-6-20-7-5-11/h2-3,8,11H,4-7,9H2,1H3,(H,18,19)/b3-2+. The van der Waals surface area contributed by atoms with Crippen LogP contribution >= 0.6 is 11.3 Å². The number of amides is 1. The molecule has 7 heteroatoms. The van der Waals surface area contributed by atoms with Gasteiger partial charge in [-0.2, -0.15) is 0 Å². The molecular formula is C14H18N2O4S. The van der Waals surface area contributed by atoms with Crippen LogP contribution in [0.1, 0.15) is 22.7 Å². The van der Waals surface area contributed by atoms with Crippen molar-refractivity contribution >= 4 is 29.3 Å². The summed E-state index contributed by atoms with van der Waals surface area (Å²) in [6.45, 7) is 2.73. The maximum atomic E-state index is 12.3. The maximum absolute atomic E-state index is 12.3. The van der Waals surface area contributed by atoms with E-state index in [1.807, 2.05) is 6.92 Å². The van der Waals surface area contributed by atoms with Crippen molar-refractivity contribution in [2.45, 2.75) is 25.8 Å². The fourth-order valence-electron chi connectivity index (χ4n) is 2.23. The quantitative estimate of drug-likeness (QED) is 0.835. The molecule has 1 aliphatic rings. The van der Waals surface area contributed by atoms with Gasteiger partial charge in [0.1, 0.15) is 6.54 Å². The molecule has 1 N–H and O–H groups in total. The number of aliphatic carboxylic acids is 1. The summed E-state index contributed by atoms with van der Waals surface area (Å²) in [6, 6.07) is -0.0739. The Morgan fingerprint density at radius 1 is 1.52 bits per heavy atom. The first-order chi connectivity index (χ1) is 10.1. The van der Waals surface area contributed by atoms with Crippen LogP contribution in [-0.4, -0.2) is 52.7 Å². The van der Waals surface area contributed by atoms with Crippen molar-refractivity contribution in [3.05, 3.63) is 22.2 Å². The fraction of sp³-hybridized carbons (Fsp3) is 0.500. The van der Waals surface area contributed by atoms with Gasteiger partial charge in [-0.05, 0) is 25.8 Å². The van der Waals surface area contributed by atoms with Gasteiger partial charge in [0, 0.05) is 36.4 Å². The van der Waals surface area contributed by atoms with Gasteiger partial charge >= 0.3 is 5.97 Å². The molecule has 1 aromatic rings. The average Bonchev–Trinajstić information content (AvgIpc) is 2.88. The highest BCUT2D eigenvalue weighted by molar-refractivity contribution is 7.12. The van der Waals surface area contributed by atoms with Gasteiger partial charge < -0.3 is 14.7 Å². The van der Waals surface area contributed by atoms with E-state index in [2.05, 4.69) is 4.98 Å². The first-order valence-corrected chi connectivity index (χ1v) is 7.58. The van der Waals surface area contributed by atoms with E-state index in [4.69, 9.17) is 9.84 Å². The Hall–Kier alpha value is -1.73. The molecule has 1 aliphatic heterocycles. The molecule has 1 saturated heterocycles. The molecule has 0 atom stereocenters. The van der Waals surface area contributed by atoms with Crippen molar-refractivity contribution in [1.82, 2.24) is 9.88 Å². The Balaban J connectivity index is 2.05. The van der Waals surface area contributed by atoms with E-state index in [9.17, 15) is 9.59 Å². The molecule has 1 fully saturated rings.